The van der Waals surface area contributed by atoms with Crippen molar-refractivity contribution in [2.24, 2.45) is 0 Å². The van der Waals surface area contributed by atoms with E-state index in [4.69, 9.17) is 0 Å². The lowest BCUT2D eigenvalue weighted by Gasteiger charge is -2.31. The maximum atomic E-state index is 12.3. The first kappa shape index (κ1) is 12.6. The van der Waals surface area contributed by atoms with Gasteiger partial charge >= 0.3 is 0 Å². The molecule has 0 aromatic heterocycles. The highest BCUT2D eigenvalue weighted by Gasteiger charge is 2.24. The Labute approximate surface area is 115 Å². The van der Waals surface area contributed by atoms with Crippen molar-refractivity contribution in [2.75, 3.05) is 13.6 Å². The Balaban J connectivity index is 1.96. The Bertz CT molecular complexity index is 518. The highest BCUT2D eigenvalue weighted by molar-refractivity contribution is 6.22. The van der Waals surface area contributed by atoms with Crippen molar-refractivity contribution in [3.05, 3.63) is 41.5 Å². The average Bonchev–Trinajstić information content (AvgIpc) is 2.44. The molecule has 1 aromatic rings. The zero-order valence-electron chi connectivity index (χ0n) is 11.6. The van der Waals surface area contributed by atoms with E-state index in [0.29, 0.717) is 18.2 Å². The zero-order valence-corrected chi connectivity index (χ0v) is 11.6. The van der Waals surface area contributed by atoms with Gasteiger partial charge in [0, 0.05) is 18.0 Å². The number of aryl methyl sites for hydroxylation is 1. The van der Waals surface area contributed by atoms with Crippen molar-refractivity contribution in [3.8, 4) is 0 Å². The van der Waals surface area contributed by atoms with Crippen LogP contribution in [0.25, 0.3) is 5.57 Å². The van der Waals surface area contributed by atoms with Crippen LogP contribution in [0.4, 0.5) is 0 Å². The van der Waals surface area contributed by atoms with Crippen LogP contribution in [0.3, 0.4) is 0 Å². The second-order valence-corrected chi connectivity index (χ2v) is 5.70. The summed E-state index contributed by atoms with van der Waals surface area (Å²) >= 11 is 0. The van der Waals surface area contributed by atoms with Gasteiger partial charge in [-0.2, -0.15) is 0 Å². The summed E-state index contributed by atoms with van der Waals surface area (Å²) in [5.41, 5.74) is 3.45. The molecule has 3 rings (SSSR count). The number of likely N-dealkylation sites (N-methyl/N-ethyl adjacent to an activating group) is 1. The number of nitrogens with zero attached hydrogens (tertiary/aromatic N) is 1. The van der Waals surface area contributed by atoms with E-state index in [1.54, 1.807) is 0 Å². The number of hydrogen-bond donors (Lipinski definition) is 0. The molecule has 0 N–H and O–H groups in total. The average molecular weight is 255 g/mol. The molecule has 100 valence electrons. The fourth-order valence-electron chi connectivity index (χ4n) is 3.22. The van der Waals surface area contributed by atoms with Crippen LogP contribution in [-0.4, -0.2) is 30.3 Å². The van der Waals surface area contributed by atoms with Gasteiger partial charge in [0.1, 0.15) is 0 Å². The van der Waals surface area contributed by atoms with E-state index >= 15 is 0 Å². The third-order valence-electron chi connectivity index (χ3n) is 4.42. The van der Waals surface area contributed by atoms with Crippen molar-refractivity contribution >= 4 is 11.4 Å². The van der Waals surface area contributed by atoms with E-state index in [1.807, 2.05) is 6.07 Å². The topological polar surface area (TPSA) is 20.3 Å². The molecule has 0 amide bonds. The van der Waals surface area contributed by atoms with Crippen LogP contribution in [0.5, 0.6) is 0 Å². The van der Waals surface area contributed by atoms with Gasteiger partial charge in [0.2, 0.25) is 0 Å². The summed E-state index contributed by atoms with van der Waals surface area (Å²) in [6.07, 6.45) is 7.51. The number of hydrogen-bond acceptors (Lipinski definition) is 2. The Morgan fingerprint density at radius 1 is 1.21 bits per heavy atom. The molecule has 2 nitrogen and oxygen atoms in total. The van der Waals surface area contributed by atoms with Gasteiger partial charge in [-0.05, 0) is 44.0 Å². The summed E-state index contributed by atoms with van der Waals surface area (Å²) in [5, 5.41) is 0. The van der Waals surface area contributed by atoms with E-state index in [9.17, 15) is 4.79 Å². The smallest absolute Gasteiger partial charge is 0.163 e. The second-order valence-electron chi connectivity index (χ2n) is 5.70. The van der Waals surface area contributed by atoms with Crippen molar-refractivity contribution in [3.63, 3.8) is 0 Å². The van der Waals surface area contributed by atoms with Crippen LogP contribution in [0.15, 0.2) is 30.3 Å². The van der Waals surface area contributed by atoms with E-state index in [0.717, 1.165) is 24.1 Å². The molecule has 2 heteroatoms. The predicted molar refractivity (Wildman–Crippen MR) is 78.0 cm³/mol. The van der Waals surface area contributed by atoms with Gasteiger partial charge in [-0.1, -0.05) is 36.8 Å². The first-order valence-electron chi connectivity index (χ1n) is 7.29. The molecule has 1 atom stereocenters. The van der Waals surface area contributed by atoms with Crippen LogP contribution in [0, 0.1) is 0 Å². The summed E-state index contributed by atoms with van der Waals surface area (Å²) in [6.45, 7) is 1.14. The third kappa shape index (κ3) is 2.50. The Morgan fingerprint density at radius 2 is 2.05 bits per heavy atom. The van der Waals surface area contributed by atoms with Crippen molar-refractivity contribution < 1.29 is 4.79 Å². The van der Waals surface area contributed by atoms with E-state index in [1.165, 1.54) is 24.8 Å². The number of Topliss-reactive ketones (excluding diaryl/α,β-unsaturated/α-hetero) is 1. The van der Waals surface area contributed by atoms with Gasteiger partial charge in [-0.15, -0.1) is 0 Å². The molecule has 1 aliphatic carbocycles. The van der Waals surface area contributed by atoms with Gasteiger partial charge in [-0.25, -0.2) is 0 Å². The Kier molecular flexibility index (Phi) is 3.52. The van der Waals surface area contributed by atoms with Gasteiger partial charge in [-0.3, -0.25) is 9.69 Å². The first-order chi connectivity index (χ1) is 9.25. The SMILES string of the molecule is CN1CCCCC1/C=C1\C(=O)CCc2ccccc21. The lowest BCUT2D eigenvalue weighted by molar-refractivity contribution is -0.113. The number of carbonyl (C=O) groups excluding carboxylic acids is 1. The Hall–Kier alpha value is -1.41. The van der Waals surface area contributed by atoms with E-state index in [2.05, 4.69) is 36.2 Å². The lowest BCUT2D eigenvalue weighted by atomic mass is 9.84. The fourth-order valence-corrected chi connectivity index (χ4v) is 3.22. The highest BCUT2D eigenvalue weighted by atomic mass is 16.1. The summed E-state index contributed by atoms with van der Waals surface area (Å²) in [5.74, 6) is 0.317. The molecule has 1 aromatic carbocycles. The summed E-state index contributed by atoms with van der Waals surface area (Å²) in [4.78, 5) is 14.6. The van der Waals surface area contributed by atoms with E-state index < -0.39 is 0 Å². The van der Waals surface area contributed by atoms with E-state index in [-0.39, 0.29) is 0 Å². The molecule has 1 heterocycles. The number of allylic oxidation sites excluding steroid dienone is 1. The van der Waals surface area contributed by atoms with Crippen LogP contribution >= 0.6 is 0 Å². The number of rotatable bonds is 1. The van der Waals surface area contributed by atoms with Crippen LogP contribution in [-0.2, 0) is 11.2 Å². The van der Waals surface area contributed by atoms with Gasteiger partial charge < -0.3 is 0 Å². The van der Waals surface area contributed by atoms with Gasteiger partial charge in [0.05, 0.1) is 0 Å². The monoisotopic (exact) mass is 255 g/mol. The molecular formula is C17H21NO. The fraction of sp³-hybridized carbons (Fsp3) is 0.471. The molecule has 0 saturated carbocycles. The first-order valence-corrected chi connectivity index (χ1v) is 7.29. The largest absolute Gasteiger partial charge is 0.300 e. The second kappa shape index (κ2) is 5.30. The molecule has 0 bridgehead atoms. The minimum Gasteiger partial charge on any atom is -0.300 e. The summed E-state index contributed by atoms with van der Waals surface area (Å²) in [6, 6.07) is 8.79. The molecule has 1 unspecified atom stereocenters. The van der Waals surface area contributed by atoms with Crippen LogP contribution < -0.4 is 0 Å². The van der Waals surface area contributed by atoms with Gasteiger partial charge in [0.15, 0.2) is 5.78 Å². The molecular weight excluding hydrogens is 234 g/mol. The molecule has 1 fully saturated rings. The molecule has 19 heavy (non-hydrogen) atoms. The normalized spacial score (nSPS) is 26.5. The summed E-state index contributed by atoms with van der Waals surface area (Å²) < 4.78 is 0. The van der Waals surface area contributed by atoms with Crippen LogP contribution in [0.1, 0.15) is 36.8 Å². The molecule has 0 radical (unpaired) electrons. The van der Waals surface area contributed by atoms with Crippen LogP contribution in [0.2, 0.25) is 0 Å². The number of piperidine rings is 1. The van der Waals surface area contributed by atoms with Crippen molar-refractivity contribution in [1.29, 1.82) is 0 Å². The maximum Gasteiger partial charge on any atom is 0.163 e. The lowest BCUT2D eigenvalue weighted by Crippen LogP contribution is -2.35. The quantitative estimate of drug-likeness (QED) is 0.719. The molecule has 2 aliphatic rings. The van der Waals surface area contributed by atoms with Gasteiger partial charge in [0.25, 0.3) is 0 Å². The number of carbonyl (C=O) groups is 1. The molecule has 1 aliphatic heterocycles. The highest BCUT2D eigenvalue weighted by Crippen LogP contribution is 2.30. The summed E-state index contributed by atoms with van der Waals surface area (Å²) in [7, 11) is 2.17. The maximum absolute atomic E-state index is 12.3. The van der Waals surface area contributed by atoms with Crippen molar-refractivity contribution in [2.45, 2.75) is 38.1 Å². The minimum absolute atomic E-state index is 0.317. The predicted octanol–water partition coefficient (Wildman–Crippen LogP) is 3.07. The molecule has 1 saturated heterocycles. The van der Waals surface area contributed by atoms with Crippen molar-refractivity contribution in [1.82, 2.24) is 4.90 Å². The zero-order chi connectivity index (χ0) is 13.2. The third-order valence-corrected chi connectivity index (χ3v) is 4.42. The number of benzene rings is 1. The minimum atomic E-state index is 0.317. The number of ketones is 1. The Morgan fingerprint density at radius 3 is 2.89 bits per heavy atom. The number of fused-ring (bicyclic) bond motifs is 1. The molecule has 0 spiro atoms. The standard InChI is InChI=1S/C17H21NO/c1-18-11-5-4-7-14(18)12-16-15-8-3-2-6-13(15)9-10-17(16)19/h2-3,6,8,12,14H,4-5,7,9-11H2,1H3/b16-12-. The number of likely N-dealkylation sites (tertiary alicyclic amines) is 1.